The summed E-state index contributed by atoms with van der Waals surface area (Å²) in [6.45, 7) is 9.86. The molecule has 2 aromatic heterocycles. The lowest BCUT2D eigenvalue weighted by Gasteiger charge is -2.31. The van der Waals surface area contributed by atoms with E-state index in [9.17, 15) is 9.59 Å². The molecule has 0 saturated carbocycles. The van der Waals surface area contributed by atoms with Crippen LogP contribution in [0.1, 0.15) is 66.5 Å². The summed E-state index contributed by atoms with van der Waals surface area (Å²) >= 11 is 0. The molecule has 0 aliphatic carbocycles. The van der Waals surface area contributed by atoms with Crippen molar-refractivity contribution in [3.05, 3.63) is 34.8 Å². The van der Waals surface area contributed by atoms with Crippen LogP contribution in [0.5, 0.6) is 0 Å². The van der Waals surface area contributed by atoms with Crippen molar-refractivity contribution in [2.24, 2.45) is 5.92 Å². The van der Waals surface area contributed by atoms with Crippen molar-refractivity contribution in [2.75, 3.05) is 19.6 Å². The number of unbranched alkanes of at least 4 members (excludes halogenated alkanes) is 2. The van der Waals surface area contributed by atoms with Crippen molar-refractivity contribution >= 4 is 11.8 Å². The number of nitrogens with one attached hydrogen (secondary N) is 1. The van der Waals surface area contributed by atoms with Crippen LogP contribution in [0.15, 0.2) is 16.7 Å². The summed E-state index contributed by atoms with van der Waals surface area (Å²) in [4.78, 5) is 27.3. The third kappa shape index (κ3) is 4.71. The molecule has 0 bridgehead atoms. The molecule has 7 heteroatoms. The average molecular weight is 401 g/mol. The molecule has 0 atom stereocenters. The highest BCUT2D eigenvalue weighted by Crippen LogP contribution is 2.24. The quantitative estimate of drug-likeness (QED) is 0.721. The molecule has 1 saturated heterocycles. The van der Waals surface area contributed by atoms with Crippen LogP contribution in [0.25, 0.3) is 5.82 Å². The first-order valence-electron chi connectivity index (χ1n) is 10.6. The molecule has 2 amide bonds. The first-order chi connectivity index (χ1) is 13.9. The number of nitrogens with zero attached hydrogens (tertiary/aromatic N) is 3. The van der Waals surface area contributed by atoms with E-state index in [0.717, 1.165) is 43.0 Å². The first kappa shape index (κ1) is 21.1. The SMILES string of the molecule is CCCCCNC(=O)C1CCN(C(=O)c2cc(C)n(-c3cc(C)on3)c2C)CC1. The molecule has 7 nitrogen and oxygen atoms in total. The second kappa shape index (κ2) is 9.29. The van der Waals surface area contributed by atoms with Crippen molar-refractivity contribution in [2.45, 2.75) is 59.8 Å². The molecule has 1 aliphatic rings. The Kier molecular flexibility index (Phi) is 6.77. The van der Waals surface area contributed by atoms with E-state index >= 15 is 0 Å². The second-order valence-corrected chi connectivity index (χ2v) is 7.98. The summed E-state index contributed by atoms with van der Waals surface area (Å²) in [7, 11) is 0. The molecule has 0 unspecified atom stereocenters. The predicted molar refractivity (Wildman–Crippen MR) is 111 cm³/mol. The Morgan fingerprint density at radius 1 is 1.17 bits per heavy atom. The number of hydrogen-bond acceptors (Lipinski definition) is 4. The van der Waals surface area contributed by atoms with Crippen LogP contribution in [0.3, 0.4) is 0 Å². The van der Waals surface area contributed by atoms with Gasteiger partial charge in [0.05, 0.1) is 5.56 Å². The lowest BCUT2D eigenvalue weighted by Crippen LogP contribution is -2.43. The highest BCUT2D eigenvalue weighted by atomic mass is 16.5. The summed E-state index contributed by atoms with van der Waals surface area (Å²) in [5, 5.41) is 7.12. The Labute approximate surface area is 172 Å². The molecule has 0 spiro atoms. The van der Waals surface area contributed by atoms with Crippen molar-refractivity contribution in [1.29, 1.82) is 0 Å². The van der Waals surface area contributed by atoms with Gasteiger partial charge in [-0.15, -0.1) is 0 Å². The number of carbonyl (C=O) groups is 2. The molecule has 1 N–H and O–H groups in total. The minimum absolute atomic E-state index is 0.00575. The number of hydrogen-bond donors (Lipinski definition) is 1. The highest BCUT2D eigenvalue weighted by molar-refractivity contribution is 5.96. The molecule has 1 aliphatic heterocycles. The van der Waals surface area contributed by atoms with Gasteiger partial charge in [-0.25, -0.2) is 0 Å². The van der Waals surface area contributed by atoms with Crippen molar-refractivity contribution in [1.82, 2.24) is 19.9 Å². The van der Waals surface area contributed by atoms with E-state index in [2.05, 4.69) is 17.4 Å². The monoisotopic (exact) mass is 400 g/mol. The first-order valence-corrected chi connectivity index (χ1v) is 10.6. The van der Waals surface area contributed by atoms with Crippen molar-refractivity contribution in [3.8, 4) is 5.82 Å². The minimum Gasteiger partial charge on any atom is -0.360 e. The Bertz CT molecular complexity index is 860. The summed E-state index contributed by atoms with van der Waals surface area (Å²) in [6, 6.07) is 3.77. The summed E-state index contributed by atoms with van der Waals surface area (Å²) < 4.78 is 7.13. The number of amides is 2. The van der Waals surface area contributed by atoms with E-state index in [4.69, 9.17) is 4.52 Å². The third-order valence-electron chi connectivity index (χ3n) is 5.74. The van der Waals surface area contributed by atoms with Gasteiger partial charge in [0, 0.05) is 43.0 Å². The van der Waals surface area contributed by atoms with Crippen LogP contribution in [-0.2, 0) is 4.79 Å². The Hall–Kier alpha value is -2.57. The van der Waals surface area contributed by atoms with E-state index in [1.807, 2.05) is 42.4 Å². The van der Waals surface area contributed by atoms with Crippen LogP contribution in [0.2, 0.25) is 0 Å². The second-order valence-electron chi connectivity index (χ2n) is 7.98. The van der Waals surface area contributed by atoms with Gasteiger partial charge in [0.1, 0.15) is 5.76 Å². The van der Waals surface area contributed by atoms with Gasteiger partial charge < -0.3 is 14.7 Å². The highest BCUT2D eigenvalue weighted by Gasteiger charge is 2.29. The Morgan fingerprint density at radius 3 is 2.52 bits per heavy atom. The summed E-state index contributed by atoms with van der Waals surface area (Å²) in [5.41, 5.74) is 2.49. The molecule has 2 aromatic rings. The number of likely N-dealkylation sites (tertiary alicyclic amines) is 1. The smallest absolute Gasteiger partial charge is 0.255 e. The van der Waals surface area contributed by atoms with Gasteiger partial charge in [0.15, 0.2) is 5.82 Å². The zero-order chi connectivity index (χ0) is 21.0. The molecule has 0 aromatic carbocycles. The lowest BCUT2D eigenvalue weighted by atomic mass is 9.95. The molecule has 29 heavy (non-hydrogen) atoms. The topological polar surface area (TPSA) is 80.4 Å². The Morgan fingerprint density at radius 2 is 1.90 bits per heavy atom. The number of aromatic nitrogens is 2. The zero-order valence-electron chi connectivity index (χ0n) is 18.0. The van der Waals surface area contributed by atoms with Gasteiger partial charge in [-0.05, 0) is 46.1 Å². The minimum atomic E-state index is 0.00575. The van der Waals surface area contributed by atoms with Gasteiger partial charge in [0.2, 0.25) is 5.91 Å². The van der Waals surface area contributed by atoms with Crippen LogP contribution >= 0.6 is 0 Å². The summed E-state index contributed by atoms with van der Waals surface area (Å²) in [5.74, 6) is 1.58. The van der Waals surface area contributed by atoms with Crippen LogP contribution in [0.4, 0.5) is 0 Å². The fourth-order valence-electron chi connectivity index (χ4n) is 4.04. The zero-order valence-corrected chi connectivity index (χ0v) is 18.0. The predicted octanol–water partition coefficient (Wildman–Crippen LogP) is 3.55. The molecule has 3 rings (SSSR count). The van der Waals surface area contributed by atoms with Gasteiger partial charge >= 0.3 is 0 Å². The van der Waals surface area contributed by atoms with Gasteiger partial charge in [-0.3, -0.25) is 14.2 Å². The average Bonchev–Trinajstić information content (AvgIpc) is 3.26. The maximum absolute atomic E-state index is 13.1. The number of carbonyl (C=O) groups excluding carboxylic acids is 2. The summed E-state index contributed by atoms with van der Waals surface area (Å²) in [6.07, 6.45) is 4.74. The fraction of sp³-hybridized carbons (Fsp3) is 0.591. The third-order valence-corrected chi connectivity index (χ3v) is 5.74. The van der Waals surface area contributed by atoms with Crippen LogP contribution < -0.4 is 5.32 Å². The van der Waals surface area contributed by atoms with E-state index in [1.165, 1.54) is 0 Å². The maximum atomic E-state index is 13.1. The van der Waals surface area contributed by atoms with Crippen molar-refractivity contribution in [3.63, 3.8) is 0 Å². The Balaban J connectivity index is 1.61. The molecule has 3 heterocycles. The van der Waals surface area contributed by atoms with Crippen LogP contribution in [0, 0.1) is 26.7 Å². The van der Waals surface area contributed by atoms with E-state index in [1.54, 1.807) is 0 Å². The van der Waals surface area contributed by atoms with Gasteiger partial charge in [-0.1, -0.05) is 24.9 Å². The molecular formula is C22H32N4O3. The van der Waals surface area contributed by atoms with Gasteiger partial charge in [-0.2, -0.15) is 0 Å². The molecule has 158 valence electrons. The maximum Gasteiger partial charge on any atom is 0.255 e. The molecule has 0 radical (unpaired) electrons. The molecule has 1 fully saturated rings. The fourth-order valence-corrected chi connectivity index (χ4v) is 4.04. The van der Waals surface area contributed by atoms with E-state index in [0.29, 0.717) is 37.3 Å². The van der Waals surface area contributed by atoms with Crippen molar-refractivity contribution < 1.29 is 14.1 Å². The van der Waals surface area contributed by atoms with Gasteiger partial charge in [0.25, 0.3) is 5.91 Å². The largest absolute Gasteiger partial charge is 0.360 e. The normalized spacial score (nSPS) is 15.0. The standard InChI is InChI=1S/C22H32N4O3/c1-5-6-7-10-23-21(27)18-8-11-25(12-9-18)22(28)19-13-15(2)26(17(19)4)20-14-16(3)29-24-20/h13-14,18H,5-12H2,1-4H3,(H,23,27). The number of aryl methyl sites for hydroxylation is 2. The van der Waals surface area contributed by atoms with Crippen LogP contribution in [-0.4, -0.2) is 46.1 Å². The van der Waals surface area contributed by atoms with E-state index < -0.39 is 0 Å². The molecular weight excluding hydrogens is 368 g/mol. The lowest BCUT2D eigenvalue weighted by molar-refractivity contribution is -0.126. The van der Waals surface area contributed by atoms with E-state index in [-0.39, 0.29) is 17.7 Å². The number of rotatable bonds is 7. The number of piperidine rings is 1.